The van der Waals surface area contributed by atoms with Crippen LogP contribution in [0.5, 0.6) is 0 Å². The van der Waals surface area contributed by atoms with Crippen molar-refractivity contribution in [2.75, 3.05) is 19.7 Å². The maximum absolute atomic E-state index is 13.3. The minimum Gasteiger partial charge on any atom is -0.465 e. The van der Waals surface area contributed by atoms with E-state index in [9.17, 15) is 14.0 Å². The number of hydrogen-bond acceptors (Lipinski definition) is 3. The molecule has 0 unspecified atom stereocenters. The van der Waals surface area contributed by atoms with E-state index in [1.807, 2.05) is 0 Å². The van der Waals surface area contributed by atoms with Gasteiger partial charge in [0.25, 0.3) is 5.91 Å². The van der Waals surface area contributed by atoms with Crippen molar-refractivity contribution in [3.05, 3.63) is 35.6 Å². The molecule has 0 radical (unpaired) electrons. The number of carbonyl (C=O) groups excluding carboxylic acids is 2. The van der Waals surface area contributed by atoms with E-state index in [-0.39, 0.29) is 17.8 Å². The average molecular weight is 448 g/mol. The molecule has 5 heteroatoms. The third-order valence-corrected chi connectivity index (χ3v) is 6.43. The second kappa shape index (κ2) is 15.8. The zero-order valence-corrected chi connectivity index (χ0v) is 20.0. The van der Waals surface area contributed by atoms with Crippen LogP contribution in [0.15, 0.2) is 24.3 Å². The molecule has 0 spiro atoms. The number of ether oxygens (including phenoxy) is 1. The zero-order chi connectivity index (χ0) is 23.0. The number of amides is 1. The van der Waals surface area contributed by atoms with Gasteiger partial charge in [0.1, 0.15) is 5.82 Å². The molecule has 0 aromatic heterocycles. The van der Waals surface area contributed by atoms with Crippen molar-refractivity contribution in [3.63, 3.8) is 0 Å². The number of carbonyl (C=O) groups is 2. The Bertz CT molecular complexity index is 671. The molecular formula is C27H42FNO3. The predicted octanol–water partition coefficient (Wildman–Crippen LogP) is 6.92. The average Bonchev–Trinajstić information content (AvgIpc) is 2.81. The van der Waals surface area contributed by atoms with E-state index < -0.39 is 5.82 Å². The Morgan fingerprint density at radius 2 is 1.47 bits per heavy atom. The van der Waals surface area contributed by atoms with Crippen molar-refractivity contribution in [1.82, 2.24) is 4.90 Å². The molecule has 2 rings (SSSR count). The number of rotatable bonds is 15. The minimum absolute atomic E-state index is 0.133. The third-order valence-electron chi connectivity index (χ3n) is 6.43. The van der Waals surface area contributed by atoms with Gasteiger partial charge < -0.3 is 9.64 Å². The first kappa shape index (κ1) is 26.3. The van der Waals surface area contributed by atoms with E-state index in [1.54, 1.807) is 17.0 Å². The normalized spacial score (nSPS) is 14.5. The molecule has 1 aliphatic rings. The Labute approximate surface area is 193 Å². The van der Waals surface area contributed by atoms with Crippen molar-refractivity contribution in [3.8, 4) is 0 Å². The molecule has 1 aromatic rings. The molecule has 0 aliphatic carbocycles. The largest absolute Gasteiger partial charge is 0.465 e. The topological polar surface area (TPSA) is 46.6 Å². The fraction of sp³-hybridized carbons (Fsp3) is 0.704. The molecule has 1 amide bonds. The van der Waals surface area contributed by atoms with Crippen LogP contribution in [0.2, 0.25) is 0 Å². The fourth-order valence-electron chi connectivity index (χ4n) is 4.36. The maximum Gasteiger partial charge on any atom is 0.309 e. The lowest BCUT2D eigenvalue weighted by atomic mass is 9.96. The molecule has 180 valence electrons. The van der Waals surface area contributed by atoms with Gasteiger partial charge in [0.15, 0.2) is 0 Å². The lowest BCUT2D eigenvalue weighted by Crippen LogP contribution is -2.40. The minimum atomic E-state index is -0.410. The summed E-state index contributed by atoms with van der Waals surface area (Å²) in [5.74, 6) is -0.852. The number of unbranched alkanes of at least 4 members (excludes halogenated alkanes) is 11. The molecule has 1 fully saturated rings. The summed E-state index contributed by atoms with van der Waals surface area (Å²) in [5.41, 5.74) is 0.359. The van der Waals surface area contributed by atoms with Crippen LogP contribution in [-0.2, 0) is 9.53 Å². The van der Waals surface area contributed by atoms with Crippen LogP contribution in [0, 0.1) is 11.7 Å². The monoisotopic (exact) mass is 447 g/mol. The summed E-state index contributed by atoms with van der Waals surface area (Å²) in [6, 6.07) is 5.76. The fourth-order valence-corrected chi connectivity index (χ4v) is 4.36. The van der Waals surface area contributed by atoms with Crippen LogP contribution in [0.3, 0.4) is 0 Å². The van der Waals surface area contributed by atoms with Crippen LogP contribution in [0.4, 0.5) is 4.39 Å². The lowest BCUT2D eigenvalue weighted by Gasteiger charge is -2.31. The Morgan fingerprint density at radius 3 is 2.03 bits per heavy atom. The van der Waals surface area contributed by atoms with E-state index in [4.69, 9.17) is 4.74 Å². The maximum atomic E-state index is 13.3. The highest BCUT2D eigenvalue weighted by Crippen LogP contribution is 2.21. The summed E-state index contributed by atoms with van der Waals surface area (Å²) in [7, 11) is 0. The van der Waals surface area contributed by atoms with Gasteiger partial charge in [0.05, 0.1) is 12.5 Å². The highest BCUT2D eigenvalue weighted by molar-refractivity contribution is 5.94. The van der Waals surface area contributed by atoms with Crippen molar-refractivity contribution in [2.24, 2.45) is 5.92 Å². The Morgan fingerprint density at radius 1 is 0.906 bits per heavy atom. The number of halogens is 1. The molecular weight excluding hydrogens is 405 g/mol. The summed E-state index contributed by atoms with van der Waals surface area (Å²) in [6.07, 6.45) is 16.6. The van der Waals surface area contributed by atoms with Crippen LogP contribution in [0.25, 0.3) is 0 Å². The van der Waals surface area contributed by atoms with Crippen LogP contribution in [-0.4, -0.2) is 36.5 Å². The second-order valence-corrected chi connectivity index (χ2v) is 9.13. The van der Waals surface area contributed by atoms with Gasteiger partial charge in [0, 0.05) is 18.7 Å². The molecule has 1 aromatic carbocycles. The van der Waals surface area contributed by atoms with E-state index in [1.165, 1.54) is 76.3 Å². The number of nitrogens with zero attached hydrogens (tertiary/aromatic N) is 1. The Hall–Kier alpha value is -1.91. The summed E-state index contributed by atoms with van der Waals surface area (Å²) < 4.78 is 18.8. The molecule has 1 aliphatic heterocycles. The number of hydrogen-bond donors (Lipinski definition) is 0. The van der Waals surface area contributed by atoms with E-state index in [0.29, 0.717) is 38.1 Å². The van der Waals surface area contributed by atoms with Gasteiger partial charge in [-0.15, -0.1) is 0 Å². The Kier molecular flexibility index (Phi) is 13.0. The van der Waals surface area contributed by atoms with Gasteiger partial charge in [-0.1, -0.05) is 83.6 Å². The van der Waals surface area contributed by atoms with E-state index in [2.05, 4.69) is 6.92 Å². The quantitative estimate of drug-likeness (QED) is 0.216. The van der Waals surface area contributed by atoms with Crippen molar-refractivity contribution < 1.29 is 18.7 Å². The smallest absolute Gasteiger partial charge is 0.309 e. The number of benzene rings is 1. The van der Waals surface area contributed by atoms with Crippen molar-refractivity contribution in [2.45, 2.75) is 96.8 Å². The van der Waals surface area contributed by atoms with Gasteiger partial charge in [-0.25, -0.2) is 4.39 Å². The highest BCUT2D eigenvalue weighted by Gasteiger charge is 2.28. The summed E-state index contributed by atoms with van der Waals surface area (Å²) in [4.78, 5) is 26.5. The zero-order valence-electron chi connectivity index (χ0n) is 20.0. The van der Waals surface area contributed by atoms with Crippen molar-refractivity contribution >= 4 is 11.9 Å². The molecule has 0 saturated carbocycles. The van der Waals surface area contributed by atoms with Gasteiger partial charge >= 0.3 is 5.97 Å². The number of likely N-dealkylation sites (tertiary alicyclic amines) is 1. The third kappa shape index (κ3) is 10.1. The van der Waals surface area contributed by atoms with Crippen LogP contribution in [0.1, 0.15) is 107 Å². The second-order valence-electron chi connectivity index (χ2n) is 9.13. The first-order chi connectivity index (χ1) is 15.6. The SMILES string of the molecule is CCCCCCCCCCCCCCOC(=O)C1CCN(C(=O)c2cccc(F)c2)CC1. The summed E-state index contributed by atoms with van der Waals surface area (Å²) >= 11 is 0. The number of piperidine rings is 1. The first-order valence-electron chi connectivity index (χ1n) is 12.8. The summed E-state index contributed by atoms with van der Waals surface area (Å²) in [5, 5.41) is 0. The molecule has 0 bridgehead atoms. The summed E-state index contributed by atoms with van der Waals surface area (Å²) in [6.45, 7) is 3.77. The molecule has 1 heterocycles. The highest BCUT2D eigenvalue weighted by atomic mass is 19.1. The number of esters is 1. The van der Waals surface area contributed by atoms with Gasteiger partial charge in [0.2, 0.25) is 0 Å². The molecule has 32 heavy (non-hydrogen) atoms. The lowest BCUT2D eigenvalue weighted by molar-refractivity contribution is -0.150. The molecule has 0 N–H and O–H groups in total. The van der Waals surface area contributed by atoms with E-state index in [0.717, 1.165) is 12.8 Å². The van der Waals surface area contributed by atoms with Gasteiger partial charge in [-0.2, -0.15) is 0 Å². The predicted molar refractivity (Wildman–Crippen MR) is 127 cm³/mol. The standard InChI is InChI=1S/C27H42FNO3/c1-2-3-4-5-6-7-8-9-10-11-12-13-21-32-27(31)23-17-19-29(20-18-23)26(30)24-15-14-16-25(28)22-24/h14-16,22-23H,2-13,17-21H2,1H3. The van der Waals surface area contributed by atoms with Gasteiger partial charge in [-0.05, 0) is 37.5 Å². The molecule has 4 nitrogen and oxygen atoms in total. The van der Waals surface area contributed by atoms with Gasteiger partial charge in [-0.3, -0.25) is 9.59 Å². The first-order valence-corrected chi connectivity index (χ1v) is 12.8. The Balaban J connectivity index is 1.46. The van der Waals surface area contributed by atoms with E-state index >= 15 is 0 Å². The molecule has 0 atom stereocenters. The van der Waals surface area contributed by atoms with Crippen LogP contribution >= 0.6 is 0 Å². The van der Waals surface area contributed by atoms with Crippen molar-refractivity contribution in [1.29, 1.82) is 0 Å². The molecule has 1 saturated heterocycles. The van der Waals surface area contributed by atoms with Crippen LogP contribution < -0.4 is 0 Å².